The number of amides is 2. The van der Waals surface area contributed by atoms with Gasteiger partial charge in [0.2, 0.25) is 6.41 Å². The molecule has 2 N–H and O–H groups in total. The molecule has 0 fully saturated rings. The molecule has 16 heavy (non-hydrogen) atoms. The first-order valence-corrected chi connectivity index (χ1v) is 4.60. The first-order valence-electron chi connectivity index (χ1n) is 4.60. The zero-order valence-electron chi connectivity index (χ0n) is 8.73. The molecule has 1 atom stereocenters. The third kappa shape index (κ3) is 3.42. The molecule has 0 saturated heterocycles. The van der Waals surface area contributed by atoms with Gasteiger partial charge in [-0.1, -0.05) is 11.8 Å². The molecule has 82 valence electrons. The van der Waals surface area contributed by atoms with Crippen molar-refractivity contribution in [3.8, 4) is 11.8 Å². The van der Waals surface area contributed by atoms with Gasteiger partial charge in [0.05, 0.1) is 0 Å². The Morgan fingerprint density at radius 3 is 3.00 bits per heavy atom. The number of nitrogens with one attached hydrogen (secondary N) is 2. The molecule has 2 amide bonds. The van der Waals surface area contributed by atoms with Gasteiger partial charge in [0.15, 0.2) is 6.04 Å². The van der Waals surface area contributed by atoms with E-state index < -0.39 is 6.04 Å². The van der Waals surface area contributed by atoms with Crippen molar-refractivity contribution in [1.82, 2.24) is 15.6 Å². The van der Waals surface area contributed by atoms with Crippen LogP contribution in [-0.4, -0.2) is 30.4 Å². The highest BCUT2D eigenvalue weighted by Gasteiger charge is 2.11. The Bertz CT molecular complexity index is 420. The van der Waals surface area contributed by atoms with E-state index in [2.05, 4.69) is 27.5 Å². The largest absolute Gasteiger partial charge is 0.357 e. The van der Waals surface area contributed by atoms with Crippen LogP contribution < -0.4 is 10.6 Å². The number of carbonyl (C=O) groups excluding carboxylic acids is 2. The SMILES string of the molecule is CNC(=O)C(C#Cc1cccnc1)NC=O. The van der Waals surface area contributed by atoms with Crippen molar-refractivity contribution in [1.29, 1.82) is 0 Å². The van der Waals surface area contributed by atoms with Crippen LogP contribution in [0.25, 0.3) is 0 Å². The number of aromatic nitrogens is 1. The minimum atomic E-state index is -0.845. The predicted octanol–water partition coefficient (Wildman–Crippen LogP) is -0.706. The molecular formula is C11H11N3O2. The normalized spacial score (nSPS) is 10.6. The molecule has 5 heteroatoms. The highest BCUT2D eigenvalue weighted by atomic mass is 16.2. The summed E-state index contributed by atoms with van der Waals surface area (Å²) in [7, 11) is 1.48. The summed E-state index contributed by atoms with van der Waals surface area (Å²) in [5.41, 5.74) is 0.684. The van der Waals surface area contributed by atoms with Crippen LogP contribution in [0, 0.1) is 11.8 Å². The fourth-order valence-corrected chi connectivity index (χ4v) is 0.987. The maximum Gasteiger partial charge on any atom is 0.254 e. The third-order valence-corrected chi connectivity index (χ3v) is 1.77. The summed E-state index contributed by atoms with van der Waals surface area (Å²) < 4.78 is 0. The molecule has 0 bridgehead atoms. The van der Waals surface area contributed by atoms with E-state index in [1.165, 1.54) is 7.05 Å². The van der Waals surface area contributed by atoms with Gasteiger partial charge < -0.3 is 10.6 Å². The van der Waals surface area contributed by atoms with Crippen molar-refractivity contribution in [2.45, 2.75) is 6.04 Å². The van der Waals surface area contributed by atoms with Crippen LogP contribution in [0.2, 0.25) is 0 Å². The van der Waals surface area contributed by atoms with E-state index in [0.29, 0.717) is 12.0 Å². The van der Waals surface area contributed by atoms with Gasteiger partial charge in [0.1, 0.15) is 0 Å². The van der Waals surface area contributed by atoms with Crippen LogP contribution in [0.1, 0.15) is 5.56 Å². The summed E-state index contributed by atoms with van der Waals surface area (Å²) in [5, 5.41) is 4.72. The number of pyridine rings is 1. The van der Waals surface area contributed by atoms with Crippen LogP contribution in [0.3, 0.4) is 0 Å². The summed E-state index contributed by atoms with van der Waals surface area (Å²) in [4.78, 5) is 25.4. The highest BCUT2D eigenvalue weighted by molar-refractivity contribution is 5.86. The summed E-state index contributed by atoms with van der Waals surface area (Å²) in [6.07, 6.45) is 3.65. The molecule has 1 rings (SSSR count). The van der Waals surface area contributed by atoms with Crippen LogP contribution in [0.15, 0.2) is 24.5 Å². The van der Waals surface area contributed by atoms with Crippen molar-refractivity contribution >= 4 is 12.3 Å². The minimum Gasteiger partial charge on any atom is -0.357 e. The second-order valence-corrected chi connectivity index (χ2v) is 2.84. The smallest absolute Gasteiger partial charge is 0.254 e. The van der Waals surface area contributed by atoms with Gasteiger partial charge in [-0.25, -0.2) is 0 Å². The average Bonchev–Trinajstić information content (AvgIpc) is 2.34. The van der Waals surface area contributed by atoms with Crippen LogP contribution in [-0.2, 0) is 9.59 Å². The summed E-state index contributed by atoms with van der Waals surface area (Å²) >= 11 is 0. The average molecular weight is 217 g/mol. The zero-order chi connectivity index (χ0) is 11.8. The van der Waals surface area contributed by atoms with Gasteiger partial charge in [0.25, 0.3) is 5.91 Å². The molecule has 5 nitrogen and oxygen atoms in total. The van der Waals surface area contributed by atoms with Crippen LogP contribution >= 0.6 is 0 Å². The molecule has 0 aromatic carbocycles. The minimum absolute atomic E-state index is 0.358. The highest BCUT2D eigenvalue weighted by Crippen LogP contribution is 1.92. The molecule has 0 aliphatic heterocycles. The third-order valence-electron chi connectivity index (χ3n) is 1.77. The Morgan fingerprint density at radius 1 is 1.62 bits per heavy atom. The number of hydrogen-bond acceptors (Lipinski definition) is 3. The second-order valence-electron chi connectivity index (χ2n) is 2.84. The van der Waals surface area contributed by atoms with Crippen molar-refractivity contribution in [3.63, 3.8) is 0 Å². The lowest BCUT2D eigenvalue weighted by Crippen LogP contribution is -2.41. The van der Waals surface area contributed by atoms with E-state index in [-0.39, 0.29) is 5.91 Å². The molecule has 1 unspecified atom stereocenters. The Hall–Kier alpha value is -2.35. The number of nitrogens with zero attached hydrogens (tertiary/aromatic N) is 1. The molecule has 0 spiro atoms. The molecule has 1 aromatic heterocycles. The van der Waals surface area contributed by atoms with E-state index in [4.69, 9.17) is 0 Å². The van der Waals surface area contributed by atoms with Crippen LogP contribution in [0.5, 0.6) is 0 Å². The van der Waals surface area contributed by atoms with Gasteiger partial charge >= 0.3 is 0 Å². The number of likely N-dealkylation sites (N-methyl/N-ethyl adjacent to an activating group) is 1. The Balaban J connectivity index is 2.79. The van der Waals surface area contributed by atoms with Gasteiger partial charge in [-0.2, -0.15) is 0 Å². The maximum absolute atomic E-state index is 11.3. The summed E-state index contributed by atoms with van der Waals surface area (Å²) in [6, 6.07) is 2.66. The summed E-state index contributed by atoms with van der Waals surface area (Å²) in [5.74, 6) is 5.04. The quantitative estimate of drug-likeness (QED) is 0.519. The fraction of sp³-hybridized carbons (Fsp3) is 0.182. The number of hydrogen-bond donors (Lipinski definition) is 2. The lowest BCUT2D eigenvalue weighted by atomic mass is 10.2. The Kier molecular flexibility index (Phi) is 4.54. The Morgan fingerprint density at radius 2 is 2.44 bits per heavy atom. The van der Waals surface area contributed by atoms with E-state index >= 15 is 0 Å². The van der Waals surface area contributed by atoms with E-state index in [1.54, 1.807) is 24.5 Å². The van der Waals surface area contributed by atoms with Crippen molar-refractivity contribution < 1.29 is 9.59 Å². The van der Waals surface area contributed by atoms with E-state index in [9.17, 15) is 9.59 Å². The van der Waals surface area contributed by atoms with Crippen molar-refractivity contribution in [2.24, 2.45) is 0 Å². The predicted molar refractivity (Wildman–Crippen MR) is 58.2 cm³/mol. The maximum atomic E-state index is 11.3. The Labute approximate surface area is 93.3 Å². The molecule has 0 saturated carbocycles. The topological polar surface area (TPSA) is 71.1 Å². The lowest BCUT2D eigenvalue weighted by molar-refractivity contribution is -0.123. The molecular weight excluding hydrogens is 206 g/mol. The number of rotatable bonds is 3. The van der Waals surface area contributed by atoms with Gasteiger partial charge in [-0.15, -0.1) is 0 Å². The monoisotopic (exact) mass is 217 g/mol. The molecule has 1 heterocycles. The zero-order valence-corrected chi connectivity index (χ0v) is 8.73. The second kappa shape index (κ2) is 6.19. The van der Waals surface area contributed by atoms with Crippen molar-refractivity contribution in [3.05, 3.63) is 30.1 Å². The van der Waals surface area contributed by atoms with Gasteiger partial charge in [-0.05, 0) is 12.1 Å². The van der Waals surface area contributed by atoms with Crippen molar-refractivity contribution in [2.75, 3.05) is 7.05 Å². The number of carbonyl (C=O) groups is 2. The first-order chi connectivity index (χ1) is 7.77. The van der Waals surface area contributed by atoms with E-state index in [0.717, 1.165) is 0 Å². The molecule has 0 aliphatic rings. The lowest BCUT2D eigenvalue weighted by Gasteiger charge is -2.06. The molecule has 0 aliphatic carbocycles. The van der Waals surface area contributed by atoms with Crippen LogP contribution in [0.4, 0.5) is 0 Å². The first kappa shape index (κ1) is 11.7. The molecule has 1 aromatic rings. The molecule has 0 radical (unpaired) electrons. The van der Waals surface area contributed by atoms with Gasteiger partial charge in [-0.3, -0.25) is 14.6 Å². The van der Waals surface area contributed by atoms with Gasteiger partial charge in [0, 0.05) is 25.0 Å². The summed E-state index contributed by atoms with van der Waals surface area (Å²) in [6.45, 7) is 0. The fourth-order valence-electron chi connectivity index (χ4n) is 0.987. The van der Waals surface area contributed by atoms with E-state index in [1.807, 2.05) is 0 Å². The standard InChI is InChI=1S/C11H11N3O2/c1-12-11(16)10(14-8-15)5-4-9-3-2-6-13-7-9/h2-3,6-8,10H,1H3,(H,12,16)(H,14,15).